The molecule has 1 atom stereocenters. The maximum absolute atomic E-state index is 9.97. The zero-order valence-corrected chi connectivity index (χ0v) is 12.8. The monoisotopic (exact) mass is 291 g/mol. The highest BCUT2D eigenvalue weighted by atomic mass is 16.5. The van der Waals surface area contributed by atoms with Crippen LogP contribution in [-0.4, -0.2) is 35.0 Å². The third-order valence-corrected chi connectivity index (χ3v) is 3.20. The van der Waals surface area contributed by atoms with Gasteiger partial charge in [-0.15, -0.1) is 0 Å². The Morgan fingerprint density at radius 2 is 2.14 bits per heavy atom. The van der Waals surface area contributed by atoms with Crippen molar-refractivity contribution in [2.75, 3.05) is 19.0 Å². The minimum atomic E-state index is -0.510. The first-order chi connectivity index (χ1) is 9.90. The van der Waals surface area contributed by atoms with E-state index in [9.17, 15) is 5.11 Å². The highest BCUT2D eigenvalue weighted by Gasteiger charge is 2.22. The topological polar surface area (TPSA) is 80.4 Å². The summed E-state index contributed by atoms with van der Waals surface area (Å²) in [7, 11) is 1.61. The Morgan fingerprint density at radius 1 is 1.38 bits per heavy atom. The van der Waals surface area contributed by atoms with Crippen LogP contribution in [0.15, 0.2) is 28.8 Å². The zero-order valence-electron chi connectivity index (χ0n) is 12.8. The molecule has 0 spiro atoms. The summed E-state index contributed by atoms with van der Waals surface area (Å²) in [6.45, 7) is 6.25. The molecule has 0 saturated heterocycles. The predicted molar refractivity (Wildman–Crippen MR) is 80.2 cm³/mol. The minimum absolute atomic E-state index is 0.206. The maximum atomic E-state index is 9.97. The van der Waals surface area contributed by atoms with Gasteiger partial charge in [-0.1, -0.05) is 38.1 Å². The lowest BCUT2D eigenvalue weighted by molar-refractivity contribution is 0.0740. The normalized spacial score (nSPS) is 13.0. The van der Waals surface area contributed by atoms with Gasteiger partial charge in [0.15, 0.2) is 0 Å². The second kappa shape index (κ2) is 6.13. The fourth-order valence-corrected chi connectivity index (χ4v) is 1.66. The number of hydrogen-bond acceptors (Lipinski definition) is 6. The minimum Gasteiger partial charge on any atom is -0.497 e. The van der Waals surface area contributed by atoms with Gasteiger partial charge < -0.3 is 19.7 Å². The summed E-state index contributed by atoms with van der Waals surface area (Å²) < 4.78 is 10.3. The first-order valence-corrected chi connectivity index (χ1v) is 6.80. The van der Waals surface area contributed by atoms with E-state index in [4.69, 9.17) is 9.26 Å². The van der Waals surface area contributed by atoms with Gasteiger partial charge in [0.25, 0.3) is 0 Å². The van der Waals surface area contributed by atoms with Gasteiger partial charge in [0.1, 0.15) is 5.75 Å². The first kappa shape index (κ1) is 15.3. The lowest BCUT2D eigenvalue weighted by Crippen LogP contribution is -2.32. The molecule has 0 amide bonds. The molecule has 1 aromatic carbocycles. The molecule has 2 rings (SSSR count). The zero-order chi connectivity index (χ0) is 15.5. The van der Waals surface area contributed by atoms with Crippen LogP contribution < -0.4 is 10.1 Å². The number of rotatable bonds is 5. The number of aromatic nitrogens is 2. The number of benzene rings is 1. The number of anilines is 1. The molecule has 1 heterocycles. The van der Waals surface area contributed by atoms with Gasteiger partial charge in [-0.2, -0.15) is 4.98 Å². The highest BCUT2D eigenvalue weighted by Crippen LogP contribution is 2.23. The summed E-state index contributed by atoms with van der Waals surface area (Å²) in [5.41, 5.74) is 0.602. The number of hydrogen-bond donors (Lipinski definition) is 2. The molecule has 6 heteroatoms. The number of ether oxygens (including phenoxy) is 1. The molecule has 0 fully saturated rings. The fourth-order valence-electron chi connectivity index (χ4n) is 1.66. The van der Waals surface area contributed by atoms with Crippen molar-refractivity contribution in [1.29, 1.82) is 0 Å². The lowest BCUT2D eigenvalue weighted by atomic mass is 9.89. The number of aliphatic hydroxyl groups is 1. The van der Waals surface area contributed by atoms with E-state index in [1.807, 2.05) is 45.0 Å². The molecule has 0 aliphatic rings. The van der Waals surface area contributed by atoms with Crippen LogP contribution in [0.25, 0.3) is 11.4 Å². The number of methoxy groups -OCH3 is 1. The van der Waals surface area contributed by atoms with Crippen molar-refractivity contribution in [2.45, 2.75) is 26.9 Å². The molecule has 0 radical (unpaired) electrons. The molecule has 0 saturated carbocycles. The molecular formula is C15H21N3O3. The van der Waals surface area contributed by atoms with Gasteiger partial charge in [-0.25, -0.2) is 0 Å². The first-order valence-electron chi connectivity index (χ1n) is 6.80. The lowest BCUT2D eigenvalue weighted by Gasteiger charge is -2.25. The summed E-state index contributed by atoms with van der Waals surface area (Å²) in [6.07, 6.45) is -0.510. The molecule has 2 N–H and O–H groups in total. The maximum Gasteiger partial charge on any atom is 0.321 e. The molecule has 6 nitrogen and oxygen atoms in total. The van der Waals surface area contributed by atoms with Crippen molar-refractivity contribution in [3.63, 3.8) is 0 Å². The molecule has 0 bridgehead atoms. The summed E-state index contributed by atoms with van der Waals surface area (Å²) in [5.74, 6) is 1.21. The van der Waals surface area contributed by atoms with Crippen LogP contribution in [0.5, 0.6) is 5.75 Å². The summed E-state index contributed by atoms with van der Waals surface area (Å²) in [5, 5.41) is 16.8. The van der Waals surface area contributed by atoms with Crippen LogP contribution in [0.2, 0.25) is 0 Å². The fraction of sp³-hybridized carbons (Fsp3) is 0.467. The van der Waals surface area contributed by atoms with Gasteiger partial charge in [0, 0.05) is 12.1 Å². The molecule has 114 valence electrons. The number of nitrogens with one attached hydrogen (secondary N) is 1. The summed E-state index contributed by atoms with van der Waals surface area (Å²) in [4.78, 5) is 4.25. The summed E-state index contributed by atoms with van der Waals surface area (Å²) in [6, 6.07) is 7.71. The van der Waals surface area contributed by atoms with Crippen molar-refractivity contribution < 1.29 is 14.4 Å². The third kappa shape index (κ3) is 3.95. The molecule has 2 aromatic rings. The number of nitrogens with zero attached hydrogens (tertiary/aromatic N) is 2. The Balaban J connectivity index is 2.04. The Labute approximate surface area is 124 Å². The Morgan fingerprint density at radius 3 is 2.81 bits per heavy atom. The highest BCUT2D eigenvalue weighted by molar-refractivity contribution is 5.57. The van der Waals surface area contributed by atoms with Gasteiger partial charge in [0.2, 0.25) is 5.82 Å². The molecule has 0 aliphatic heterocycles. The van der Waals surface area contributed by atoms with Crippen molar-refractivity contribution in [1.82, 2.24) is 10.1 Å². The molecule has 0 aliphatic carbocycles. The van der Waals surface area contributed by atoms with E-state index >= 15 is 0 Å². The predicted octanol–water partition coefficient (Wildman–Crippen LogP) is 2.56. The van der Waals surface area contributed by atoms with Crippen LogP contribution in [-0.2, 0) is 0 Å². The quantitative estimate of drug-likeness (QED) is 0.881. The van der Waals surface area contributed by atoms with E-state index < -0.39 is 6.10 Å². The van der Waals surface area contributed by atoms with E-state index in [1.54, 1.807) is 7.11 Å². The van der Waals surface area contributed by atoms with E-state index in [1.165, 1.54) is 0 Å². The summed E-state index contributed by atoms with van der Waals surface area (Å²) >= 11 is 0. The van der Waals surface area contributed by atoms with E-state index in [0.29, 0.717) is 12.4 Å². The van der Waals surface area contributed by atoms with Gasteiger partial charge in [0.05, 0.1) is 13.2 Å². The Bertz CT molecular complexity index is 590. The van der Waals surface area contributed by atoms with E-state index in [-0.39, 0.29) is 11.4 Å². The van der Waals surface area contributed by atoms with Crippen molar-refractivity contribution in [2.24, 2.45) is 5.41 Å². The average Bonchev–Trinajstić information content (AvgIpc) is 2.92. The molecular weight excluding hydrogens is 270 g/mol. The van der Waals surface area contributed by atoms with E-state index in [2.05, 4.69) is 15.5 Å². The molecule has 1 aromatic heterocycles. The van der Waals surface area contributed by atoms with Crippen LogP contribution in [0, 0.1) is 5.41 Å². The average molecular weight is 291 g/mol. The van der Waals surface area contributed by atoms with Crippen LogP contribution in [0.3, 0.4) is 0 Å². The van der Waals surface area contributed by atoms with Gasteiger partial charge in [-0.05, 0) is 17.5 Å². The van der Waals surface area contributed by atoms with Crippen molar-refractivity contribution in [3.05, 3.63) is 24.3 Å². The SMILES string of the molecule is COc1cccc(-c2noc(NCC(O)C(C)(C)C)n2)c1. The standard InChI is InChI=1S/C15H21N3O3/c1-15(2,3)12(19)9-16-14-17-13(18-21-14)10-6-5-7-11(8-10)20-4/h5-8,12,19H,9H2,1-4H3,(H,16,17,18). The van der Waals surface area contributed by atoms with Crippen LogP contribution in [0.4, 0.5) is 6.01 Å². The van der Waals surface area contributed by atoms with Crippen molar-refractivity contribution >= 4 is 6.01 Å². The van der Waals surface area contributed by atoms with Gasteiger partial charge in [-0.3, -0.25) is 0 Å². The van der Waals surface area contributed by atoms with Gasteiger partial charge >= 0.3 is 6.01 Å². The number of aliphatic hydroxyl groups excluding tert-OH is 1. The second-order valence-electron chi connectivity index (χ2n) is 5.92. The van der Waals surface area contributed by atoms with Crippen LogP contribution in [0.1, 0.15) is 20.8 Å². The Kier molecular flexibility index (Phi) is 4.47. The van der Waals surface area contributed by atoms with E-state index in [0.717, 1.165) is 11.3 Å². The largest absolute Gasteiger partial charge is 0.497 e. The molecule has 21 heavy (non-hydrogen) atoms. The third-order valence-electron chi connectivity index (χ3n) is 3.20. The molecule has 1 unspecified atom stereocenters. The van der Waals surface area contributed by atoms with Crippen LogP contribution >= 0.6 is 0 Å². The Hall–Kier alpha value is -2.08. The van der Waals surface area contributed by atoms with Crippen molar-refractivity contribution in [3.8, 4) is 17.1 Å². The second-order valence-corrected chi connectivity index (χ2v) is 5.92. The smallest absolute Gasteiger partial charge is 0.321 e.